The van der Waals surface area contributed by atoms with Crippen molar-refractivity contribution in [3.05, 3.63) is 64.7 Å². The first-order chi connectivity index (χ1) is 14.0. The molecule has 0 saturated heterocycles. The fourth-order valence-electron chi connectivity index (χ4n) is 2.54. The van der Waals surface area contributed by atoms with Crippen molar-refractivity contribution in [2.75, 3.05) is 17.7 Å². The van der Waals surface area contributed by atoms with Crippen molar-refractivity contribution in [1.29, 1.82) is 0 Å². The van der Waals surface area contributed by atoms with Crippen LogP contribution in [0.3, 0.4) is 0 Å². The van der Waals surface area contributed by atoms with Gasteiger partial charge in [-0.15, -0.1) is 10.2 Å². The lowest BCUT2D eigenvalue weighted by molar-refractivity contribution is -0.120. The van der Waals surface area contributed by atoms with Crippen molar-refractivity contribution in [3.8, 4) is 5.75 Å². The van der Waals surface area contributed by atoms with E-state index < -0.39 is 6.03 Å². The summed E-state index contributed by atoms with van der Waals surface area (Å²) in [6.07, 6.45) is 0.0967. The summed E-state index contributed by atoms with van der Waals surface area (Å²) >= 11 is 1.15. The van der Waals surface area contributed by atoms with E-state index >= 15 is 0 Å². The minimum atomic E-state index is -0.467. The van der Waals surface area contributed by atoms with Gasteiger partial charge in [-0.1, -0.05) is 47.7 Å². The third kappa shape index (κ3) is 6.01. The predicted molar refractivity (Wildman–Crippen MR) is 112 cm³/mol. The fourth-order valence-corrected chi connectivity index (χ4v) is 3.28. The van der Waals surface area contributed by atoms with Crippen molar-refractivity contribution >= 4 is 34.1 Å². The first kappa shape index (κ1) is 20.3. The zero-order valence-electron chi connectivity index (χ0n) is 16.1. The highest BCUT2D eigenvalue weighted by molar-refractivity contribution is 7.15. The number of methoxy groups -OCH3 is 1. The molecule has 3 N–H and O–H groups in total. The molecule has 0 saturated carbocycles. The summed E-state index contributed by atoms with van der Waals surface area (Å²) in [6.45, 7) is 2.37. The Kier molecular flexibility index (Phi) is 6.75. The fraction of sp³-hybridized carbons (Fsp3) is 0.200. The van der Waals surface area contributed by atoms with Gasteiger partial charge in [-0.05, 0) is 30.2 Å². The second kappa shape index (κ2) is 9.65. The van der Waals surface area contributed by atoms with Crippen LogP contribution in [0.2, 0.25) is 0 Å². The van der Waals surface area contributed by atoms with Gasteiger partial charge < -0.3 is 15.4 Å². The number of anilines is 2. The van der Waals surface area contributed by atoms with Gasteiger partial charge in [0.05, 0.1) is 19.2 Å². The van der Waals surface area contributed by atoms with Crippen LogP contribution in [0.1, 0.15) is 16.1 Å². The Labute approximate surface area is 172 Å². The van der Waals surface area contributed by atoms with Gasteiger partial charge in [0.2, 0.25) is 11.0 Å². The third-order valence-electron chi connectivity index (χ3n) is 3.93. The number of amides is 3. The maximum atomic E-state index is 12.2. The summed E-state index contributed by atoms with van der Waals surface area (Å²) < 4.78 is 5.24. The number of hydrogen-bond acceptors (Lipinski definition) is 6. The lowest BCUT2D eigenvalue weighted by Crippen LogP contribution is -2.24. The summed E-state index contributed by atoms with van der Waals surface area (Å²) in [5.41, 5.74) is 2.56. The molecule has 3 rings (SSSR count). The molecule has 0 aliphatic carbocycles. The van der Waals surface area contributed by atoms with Crippen LogP contribution in [-0.2, 0) is 17.8 Å². The van der Waals surface area contributed by atoms with Gasteiger partial charge in [0.1, 0.15) is 10.8 Å². The quantitative estimate of drug-likeness (QED) is 0.553. The van der Waals surface area contributed by atoms with Gasteiger partial charge in [0.25, 0.3) is 0 Å². The molecule has 9 heteroatoms. The van der Waals surface area contributed by atoms with Crippen molar-refractivity contribution in [2.24, 2.45) is 0 Å². The molecule has 0 aliphatic rings. The van der Waals surface area contributed by atoms with E-state index in [1.165, 1.54) is 7.11 Å². The molecule has 0 spiro atoms. The smallest absolute Gasteiger partial charge is 0.325 e. The highest BCUT2D eigenvalue weighted by atomic mass is 32.1. The van der Waals surface area contributed by atoms with Crippen LogP contribution in [0.4, 0.5) is 15.6 Å². The largest absolute Gasteiger partial charge is 0.495 e. The monoisotopic (exact) mass is 411 g/mol. The number of rotatable bonds is 7. The van der Waals surface area contributed by atoms with Gasteiger partial charge in [0.15, 0.2) is 0 Å². The van der Waals surface area contributed by atoms with Crippen molar-refractivity contribution in [1.82, 2.24) is 15.5 Å². The van der Waals surface area contributed by atoms with Crippen LogP contribution in [0.25, 0.3) is 0 Å². The Balaban J connectivity index is 1.51. The van der Waals surface area contributed by atoms with E-state index in [0.717, 1.165) is 22.5 Å². The highest BCUT2D eigenvalue weighted by Gasteiger charge is 2.13. The molecule has 0 fully saturated rings. The van der Waals surface area contributed by atoms with Gasteiger partial charge >= 0.3 is 6.03 Å². The number of nitrogens with one attached hydrogen (secondary N) is 3. The number of aromatic nitrogens is 2. The van der Waals surface area contributed by atoms with Gasteiger partial charge in [-0.3, -0.25) is 10.1 Å². The molecule has 1 aromatic heterocycles. The van der Waals surface area contributed by atoms with Crippen LogP contribution in [-0.4, -0.2) is 29.2 Å². The van der Waals surface area contributed by atoms with Gasteiger partial charge in [-0.25, -0.2) is 4.79 Å². The molecule has 0 atom stereocenters. The zero-order valence-corrected chi connectivity index (χ0v) is 16.9. The molecule has 29 heavy (non-hydrogen) atoms. The van der Waals surface area contributed by atoms with Crippen molar-refractivity contribution in [3.63, 3.8) is 0 Å². The Morgan fingerprint density at radius 3 is 2.62 bits per heavy atom. The van der Waals surface area contributed by atoms with E-state index in [1.54, 1.807) is 12.1 Å². The average Bonchev–Trinajstić information content (AvgIpc) is 3.14. The molecule has 2 aromatic carbocycles. The molecule has 0 bridgehead atoms. The first-order valence-electron chi connectivity index (χ1n) is 8.89. The van der Waals surface area contributed by atoms with E-state index in [0.29, 0.717) is 28.1 Å². The Morgan fingerprint density at radius 1 is 1.07 bits per heavy atom. The van der Waals surface area contributed by atoms with Crippen molar-refractivity contribution in [2.45, 2.75) is 19.9 Å². The second-order valence-electron chi connectivity index (χ2n) is 6.22. The zero-order chi connectivity index (χ0) is 20.6. The highest BCUT2D eigenvalue weighted by Crippen LogP contribution is 2.25. The normalized spacial score (nSPS) is 10.3. The number of benzene rings is 2. The van der Waals surface area contributed by atoms with E-state index in [2.05, 4.69) is 26.1 Å². The lowest BCUT2D eigenvalue weighted by Gasteiger charge is -2.10. The van der Waals surface area contributed by atoms with E-state index in [-0.39, 0.29) is 12.3 Å². The number of nitrogens with zero attached hydrogens (tertiary/aromatic N) is 2. The van der Waals surface area contributed by atoms with Crippen LogP contribution in [0, 0.1) is 6.92 Å². The molecule has 3 amide bonds. The molecule has 0 unspecified atom stereocenters. The van der Waals surface area contributed by atoms with Crippen molar-refractivity contribution < 1.29 is 14.3 Å². The predicted octanol–water partition coefficient (Wildman–Crippen LogP) is 3.36. The maximum absolute atomic E-state index is 12.2. The average molecular weight is 411 g/mol. The van der Waals surface area contributed by atoms with E-state index in [9.17, 15) is 9.59 Å². The van der Waals surface area contributed by atoms with E-state index in [4.69, 9.17) is 4.74 Å². The minimum Gasteiger partial charge on any atom is -0.495 e. The number of carbonyl (C=O) groups excluding carboxylic acids is 2. The number of urea groups is 1. The molecule has 0 radical (unpaired) electrons. The Hall–Kier alpha value is -3.46. The summed E-state index contributed by atoms with van der Waals surface area (Å²) in [4.78, 5) is 24.3. The van der Waals surface area contributed by atoms with E-state index in [1.807, 2.05) is 43.3 Å². The summed E-state index contributed by atoms with van der Waals surface area (Å²) in [6, 6.07) is 14.6. The number of aryl methyl sites for hydroxylation is 1. The lowest BCUT2D eigenvalue weighted by atomic mass is 10.2. The second-order valence-corrected chi connectivity index (χ2v) is 7.28. The number of hydrogen-bond donors (Lipinski definition) is 3. The van der Waals surface area contributed by atoms with Crippen LogP contribution in [0.5, 0.6) is 5.75 Å². The van der Waals surface area contributed by atoms with Gasteiger partial charge in [-0.2, -0.15) is 0 Å². The molecular formula is C20H21N5O3S. The summed E-state index contributed by atoms with van der Waals surface area (Å²) in [5, 5.41) is 16.9. The number of carbonyl (C=O) groups is 2. The van der Waals surface area contributed by atoms with Crippen LogP contribution >= 0.6 is 11.3 Å². The Morgan fingerprint density at radius 2 is 1.86 bits per heavy atom. The van der Waals surface area contributed by atoms with Crippen LogP contribution < -0.4 is 20.7 Å². The third-order valence-corrected chi connectivity index (χ3v) is 4.77. The molecule has 0 aliphatic heterocycles. The molecule has 1 heterocycles. The summed E-state index contributed by atoms with van der Waals surface area (Å²) in [7, 11) is 1.54. The first-order valence-corrected chi connectivity index (χ1v) is 9.71. The maximum Gasteiger partial charge on any atom is 0.325 e. The SMILES string of the molecule is COc1ccc(C)cc1NC(=O)Nc1nnc(CC(=O)NCc2ccccc2)s1. The standard InChI is InChI=1S/C20H21N5O3S/c1-13-8-9-16(28-2)15(10-13)22-19(27)23-20-25-24-18(29-20)11-17(26)21-12-14-6-4-3-5-7-14/h3-10H,11-12H2,1-2H3,(H,21,26)(H2,22,23,25,27). The molecule has 8 nitrogen and oxygen atoms in total. The summed E-state index contributed by atoms with van der Waals surface area (Å²) in [5.74, 6) is 0.393. The van der Waals surface area contributed by atoms with Crippen LogP contribution in [0.15, 0.2) is 48.5 Å². The van der Waals surface area contributed by atoms with Gasteiger partial charge in [0, 0.05) is 6.54 Å². The topological polar surface area (TPSA) is 105 Å². The molecular weight excluding hydrogens is 390 g/mol. The minimum absolute atomic E-state index is 0.0967. The molecule has 150 valence electrons. The Bertz CT molecular complexity index is 991. The number of ether oxygens (including phenoxy) is 1. The molecule has 3 aromatic rings.